The number of nitrogens with zero attached hydrogens (tertiary/aromatic N) is 1. The van der Waals surface area contributed by atoms with Gasteiger partial charge in [-0.05, 0) is 17.7 Å². The number of benzene rings is 2. The van der Waals surface area contributed by atoms with Crippen molar-refractivity contribution in [2.75, 3.05) is 21.3 Å². The van der Waals surface area contributed by atoms with Crippen molar-refractivity contribution >= 4 is 28.8 Å². The van der Waals surface area contributed by atoms with Crippen molar-refractivity contribution in [1.82, 2.24) is 4.57 Å². The van der Waals surface area contributed by atoms with Crippen LogP contribution in [-0.2, 0) is 20.8 Å². The van der Waals surface area contributed by atoms with Crippen LogP contribution in [0.2, 0.25) is 0 Å². The summed E-state index contributed by atoms with van der Waals surface area (Å²) in [6.45, 7) is 0.212. The lowest BCUT2D eigenvalue weighted by molar-refractivity contribution is 0.0553. The molecule has 3 rings (SSSR count). The molecule has 0 saturated carbocycles. The average molecular weight is 397 g/mol. The molecule has 0 bridgehead atoms. The van der Waals surface area contributed by atoms with E-state index in [1.807, 2.05) is 30.3 Å². The van der Waals surface area contributed by atoms with Gasteiger partial charge in [0.05, 0.1) is 26.8 Å². The van der Waals surface area contributed by atoms with Crippen molar-refractivity contribution in [3.8, 4) is 5.75 Å². The zero-order chi connectivity index (χ0) is 21.1. The molecular formula is C21H19NO7. The smallest absolute Gasteiger partial charge is 0.354 e. The van der Waals surface area contributed by atoms with Crippen LogP contribution in [0, 0.1) is 0 Å². The Hall–Kier alpha value is -3.81. The number of hydrogen-bond acceptors (Lipinski definition) is 7. The fourth-order valence-electron chi connectivity index (χ4n) is 3.24. The Balaban J connectivity index is 2.42. The number of hydrogen-bond donors (Lipinski definition) is 1. The summed E-state index contributed by atoms with van der Waals surface area (Å²) in [4.78, 5) is 37.3. The molecule has 0 amide bonds. The van der Waals surface area contributed by atoms with Crippen molar-refractivity contribution in [2.45, 2.75) is 6.54 Å². The third kappa shape index (κ3) is 3.52. The zero-order valence-electron chi connectivity index (χ0n) is 16.1. The molecule has 8 heteroatoms. The van der Waals surface area contributed by atoms with Crippen LogP contribution in [0.4, 0.5) is 0 Å². The van der Waals surface area contributed by atoms with Gasteiger partial charge in [0.15, 0.2) is 0 Å². The average Bonchev–Trinajstić information content (AvgIpc) is 3.09. The van der Waals surface area contributed by atoms with Crippen molar-refractivity contribution in [2.24, 2.45) is 0 Å². The van der Waals surface area contributed by atoms with Crippen molar-refractivity contribution in [3.63, 3.8) is 0 Å². The van der Waals surface area contributed by atoms with Gasteiger partial charge in [-0.15, -0.1) is 0 Å². The number of phenolic OH excluding ortho intramolecular Hbond substituents is 1. The van der Waals surface area contributed by atoms with Gasteiger partial charge in [-0.2, -0.15) is 0 Å². The van der Waals surface area contributed by atoms with Gasteiger partial charge in [0.25, 0.3) is 0 Å². The number of carbonyl (C=O) groups is 3. The first-order chi connectivity index (χ1) is 13.9. The minimum absolute atomic E-state index is 0.151. The van der Waals surface area contributed by atoms with Crippen molar-refractivity contribution in [3.05, 3.63) is 64.8 Å². The van der Waals surface area contributed by atoms with E-state index >= 15 is 0 Å². The number of rotatable bonds is 5. The highest BCUT2D eigenvalue weighted by Gasteiger charge is 2.30. The van der Waals surface area contributed by atoms with E-state index in [9.17, 15) is 19.5 Å². The number of aromatic hydroxyl groups is 1. The topological polar surface area (TPSA) is 104 Å². The summed E-state index contributed by atoms with van der Waals surface area (Å²) >= 11 is 0. The Morgan fingerprint density at radius 3 is 2.03 bits per heavy atom. The lowest BCUT2D eigenvalue weighted by Gasteiger charge is -2.15. The minimum atomic E-state index is -0.906. The highest BCUT2D eigenvalue weighted by molar-refractivity contribution is 6.14. The Bertz CT molecular complexity index is 1100. The third-order valence-corrected chi connectivity index (χ3v) is 4.52. The van der Waals surface area contributed by atoms with Crippen LogP contribution in [0.25, 0.3) is 10.9 Å². The Morgan fingerprint density at radius 2 is 1.45 bits per heavy atom. The standard InChI is InChI=1S/C21H19NO7/c1-27-19(24)14-9-13-10-15(23)16(20(25)28-2)17(21(26)29-3)18(13)22(14)11-12-7-5-4-6-8-12/h4-10,23H,11H2,1-3H3. The molecule has 0 aliphatic rings. The summed E-state index contributed by atoms with van der Waals surface area (Å²) in [5.41, 5.74) is 0.715. The molecular weight excluding hydrogens is 378 g/mol. The lowest BCUT2D eigenvalue weighted by Crippen LogP contribution is -2.16. The van der Waals surface area contributed by atoms with E-state index in [1.54, 1.807) is 4.57 Å². The monoisotopic (exact) mass is 397 g/mol. The van der Waals surface area contributed by atoms with E-state index in [1.165, 1.54) is 19.2 Å². The Kier molecular flexibility index (Phi) is 5.54. The van der Waals surface area contributed by atoms with E-state index < -0.39 is 23.7 Å². The number of methoxy groups -OCH3 is 3. The van der Waals surface area contributed by atoms with Crippen LogP contribution in [0.3, 0.4) is 0 Å². The maximum atomic E-state index is 12.6. The van der Waals surface area contributed by atoms with Gasteiger partial charge in [-0.1, -0.05) is 30.3 Å². The molecule has 0 radical (unpaired) electrons. The fourth-order valence-corrected chi connectivity index (χ4v) is 3.24. The molecule has 1 aromatic heterocycles. The minimum Gasteiger partial charge on any atom is -0.507 e. The molecule has 0 saturated heterocycles. The van der Waals surface area contributed by atoms with Gasteiger partial charge in [0, 0.05) is 11.9 Å². The first-order valence-electron chi connectivity index (χ1n) is 8.61. The molecule has 150 valence electrons. The first kappa shape index (κ1) is 19.9. The quantitative estimate of drug-likeness (QED) is 0.521. The van der Waals surface area contributed by atoms with Crippen LogP contribution >= 0.6 is 0 Å². The Labute approximate surface area is 166 Å². The van der Waals surface area contributed by atoms with Crippen LogP contribution in [0.1, 0.15) is 36.8 Å². The molecule has 0 unspecified atom stereocenters. The summed E-state index contributed by atoms with van der Waals surface area (Å²) in [6, 6.07) is 12.0. The van der Waals surface area contributed by atoms with Crippen molar-refractivity contribution in [1.29, 1.82) is 0 Å². The van der Waals surface area contributed by atoms with Gasteiger partial charge in [-0.3, -0.25) is 0 Å². The molecule has 0 spiro atoms. The zero-order valence-corrected chi connectivity index (χ0v) is 16.1. The highest BCUT2D eigenvalue weighted by atomic mass is 16.5. The molecule has 29 heavy (non-hydrogen) atoms. The molecule has 1 heterocycles. The number of aromatic nitrogens is 1. The molecule has 3 aromatic rings. The number of fused-ring (bicyclic) bond motifs is 1. The van der Waals surface area contributed by atoms with Gasteiger partial charge >= 0.3 is 17.9 Å². The maximum absolute atomic E-state index is 12.6. The predicted octanol–water partition coefficient (Wildman–Crippen LogP) is 2.76. The van der Waals surface area contributed by atoms with Gasteiger partial charge < -0.3 is 23.9 Å². The lowest BCUT2D eigenvalue weighted by atomic mass is 10.0. The first-order valence-corrected chi connectivity index (χ1v) is 8.61. The van der Waals surface area contributed by atoms with Crippen LogP contribution < -0.4 is 0 Å². The van der Waals surface area contributed by atoms with Crippen LogP contribution in [0.5, 0.6) is 5.75 Å². The number of esters is 3. The van der Waals surface area contributed by atoms with E-state index in [0.717, 1.165) is 19.8 Å². The molecule has 8 nitrogen and oxygen atoms in total. The molecule has 0 atom stereocenters. The van der Waals surface area contributed by atoms with E-state index in [-0.39, 0.29) is 28.9 Å². The Morgan fingerprint density at radius 1 is 0.862 bits per heavy atom. The summed E-state index contributed by atoms with van der Waals surface area (Å²) in [5, 5.41) is 10.8. The number of phenols is 1. The molecule has 2 aromatic carbocycles. The maximum Gasteiger partial charge on any atom is 0.354 e. The van der Waals surface area contributed by atoms with Gasteiger partial charge in [-0.25, -0.2) is 14.4 Å². The summed E-state index contributed by atoms with van der Waals surface area (Å²) in [7, 11) is 3.53. The summed E-state index contributed by atoms with van der Waals surface area (Å²) in [6.07, 6.45) is 0. The van der Waals surface area contributed by atoms with E-state index in [2.05, 4.69) is 0 Å². The third-order valence-electron chi connectivity index (χ3n) is 4.52. The number of carbonyl (C=O) groups excluding carboxylic acids is 3. The van der Waals surface area contributed by atoms with Crippen molar-refractivity contribution < 1.29 is 33.7 Å². The van der Waals surface area contributed by atoms with Crippen LogP contribution in [-0.4, -0.2) is 48.9 Å². The molecule has 0 aliphatic carbocycles. The van der Waals surface area contributed by atoms with E-state index in [0.29, 0.717) is 5.39 Å². The summed E-state index contributed by atoms with van der Waals surface area (Å²) in [5.74, 6) is -2.85. The second kappa shape index (κ2) is 8.05. The second-order valence-corrected chi connectivity index (χ2v) is 6.16. The largest absolute Gasteiger partial charge is 0.507 e. The normalized spacial score (nSPS) is 10.6. The summed E-state index contributed by atoms with van der Waals surface area (Å²) < 4.78 is 16.0. The number of ether oxygens (including phenoxy) is 3. The SMILES string of the molecule is COC(=O)c1c(O)cc2cc(C(=O)OC)n(Cc3ccccc3)c2c1C(=O)OC. The predicted molar refractivity (Wildman–Crippen MR) is 103 cm³/mol. The molecule has 0 aliphatic heterocycles. The van der Waals surface area contributed by atoms with E-state index in [4.69, 9.17) is 14.2 Å². The van der Waals surface area contributed by atoms with Gasteiger partial charge in [0.1, 0.15) is 22.6 Å². The molecule has 1 N–H and O–H groups in total. The second-order valence-electron chi connectivity index (χ2n) is 6.16. The fraction of sp³-hybridized carbons (Fsp3) is 0.190. The molecule has 0 fully saturated rings. The highest BCUT2D eigenvalue weighted by Crippen LogP contribution is 2.34. The van der Waals surface area contributed by atoms with Gasteiger partial charge in [0.2, 0.25) is 0 Å². The van der Waals surface area contributed by atoms with Crippen LogP contribution in [0.15, 0.2) is 42.5 Å².